The van der Waals surface area contributed by atoms with Crippen LogP contribution >= 0.6 is 12.2 Å². The van der Waals surface area contributed by atoms with Gasteiger partial charge in [0, 0.05) is 5.69 Å². The van der Waals surface area contributed by atoms with Crippen molar-refractivity contribution in [2.75, 3.05) is 5.32 Å². The summed E-state index contributed by atoms with van der Waals surface area (Å²) < 4.78 is 1.21. The van der Waals surface area contributed by atoms with E-state index in [-0.39, 0.29) is 11.4 Å². The van der Waals surface area contributed by atoms with Gasteiger partial charge in [-0.1, -0.05) is 29.4 Å². The van der Waals surface area contributed by atoms with Gasteiger partial charge in [0.15, 0.2) is 0 Å². The van der Waals surface area contributed by atoms with Crippen LogP contribution < -0.4 is 5.32 Å². The molecule has 0 saturated carbocycles. The number of hydrogen-bond donors (Lipinski definition) is 2. The molecule has 0 aliphatic rings. The van der Waals surface area contributed by atoms with Crippen LogP contribution in [0.3, 0.4) is 0 Å². The number of benzene rings is 1. The van der Waals surface area contributed by atoms with Crippen molar-refractivity contribution in [1.82, 2.24) is 20.2 Å². The van der Waals surface area contributed by atoms with Gasteiger partial charge in [-0.05, 0) is 41.5 Å². The number of anilines is 2. The number of carboxylic acids is 1. The molecule has 7 nitrogen and oxygen atoms in total. The van der Waals surface area contributed by atoms with Gasteiger partial charge in [-0.2, -0.15) is 4.68 Å². The van der Waals surface area contributed by atoms with Crippen molar-refractivity contribution in [3.63, 3.8) is 0 Å². The van der Waals surface area contributed by atoms with Crippen molar-refractivity contribution in [2.45, 2.75) is 20.3 Å². The van der Waals surface area contributed by atoms with Crippen LogP contribution in [0.15, 0.2) is 18.2 Å². The van der Waals surface area contributed by atoms with Crippen LogP contribution in [0.2, 0.25) is 0 Å². The fourth-order valence-electron chi connectivity index (χ4n) is 1.63. The number of aryl methyl sites for hydroxylation is 2. The Morgan fingerprint density at radius 1 is 1.45 bits per heavy atom. The Labute approximate surface area is 120 Å². The highest BCUT2D eigenvalue weighted by molar-refractivity contribution is 7.80. The molecule has 0 amide bonds. The fourth-order valence-corrected chi connectivity index (χ4v) is 1.87. The van der Waals surface area contributed by atoms with Gasteiger partial charge in [0.2, 0.25) is 0 Å². The van der Waals surface area contributed by atoms with E-state index in [0.717, 1.165) is 16.8 Å². The SMILES string of the molecule is Cc1ccc(C)c(Nc2nnnn2C(=S)CC(=O)O)c1. The summed E-state index contributed by atoms with van der Waals surface area (Å²) in [7, 11) is 0. The van der Waals surface area contributed by atoms with Crippen molar-refractivity contribution in [2.24, 2.45) is 0 Å². The zero-order chi connectivity index (χ0) is 14.7. The van der Waals surface area contributed by atoms with E-state index in [4.69, 9.17) is 17.3 Å². The van der Waals surface area contributed by atoms with Crippen molar-refractivity contribution in [3.8, 4) is 0 Å². The van der Waals surface area contributed by atoms with Gasteiger partial charge in [0.25, 0.3) is 5.95 Å². The van der Waals surface area contributed by atoms with E-state index in [9.17, 15) is 4.79 Å². The molecule has 0 bridgehead atoms. The fraction of sp³-hybridized carbons (Fsp3) is 0.250. The minimum absolute atomic E-state index is 0.121. The molecule has 1 aromatic carbocycles. The summed E-state index contributed by atoms with van der Waals surface area (Å²) in [6, 6.07) is 5.93. The Hall–Kier alpha value is -2.35. The van der Waals surface area contributed by atoms with Gasteiger partial charge in [0.1, 0.15) is 4.99 Å². The maximum Gasteiger partial charge on any atom is 0.310 e. The third-order valence-corrected chi connectivity index (χ3v) is 2.97. The van der Waals surface area contributed by atoms with Crippen LogP contribution in [-0.4, -0.2) is 36.3 Å². The number of nitrogens with zero attached hydrogens (tertiary/aromatic N) is 4. The van der Waals surface area contributed by atoms with E-state index in [1.807, 2.05) is 32.0 Å². The Morgan fingerprint density at radius 2 is 2.20 bits per heavy atom. The highest BCUT2D eigenvalue weighted by Crippen LogP contribution is 2.20. The van der Waals surface area contributed by atoms with Gasteiger partial charge >= 0.3 is 5.97 Å². The third kappa shape index (κ3) is 3.15. The lowest BCUT2D eigenvalue weighted by atomic mass is 10.1. The zero-order valence-electron chi connectivity index (χ0n) is 11.0. The Morgan fingerprint density at radius 3 is 2.90 bits per heavy atom. The molecule has 0 radical (unpaired) electrons. The summed E-state index contributed by atoms with van der Waals surface area (Å²) >= 11 is 5.01. The third-order valence-electron chi connectivity index (χ3n) is 2.65. The van der Waals surface area contributed by atoms with Crippen LogP contribution in [0.5, 0.6) is 0 Å². The van der Waals surface area contributed by atoms with Gasteiger partial charge in [-0.3, -0.25) is 4.79 Å². The number of carbonyl (C=O) groups is 1. The molecule has 0 unspecified atom stereocenters. The molecule has 0 spiro atoms. The molecule has 0 fully saturated rings. The van der Waals surface area contributed by atoms with E-state index in [1.54, 1.807) is 0 Å². The van der Waals surface area contributed by atoms with Crippen molar-refractivity contribution < 1.29 is 9.90 Å². The highest BCUT2D eigenvalue weighted by atomic mass is 32.1. The standard InChI is InChI=1S/C12H13N5O2S/c1-7-3-4-8(2)9(5-7)13-12-14-15-16-17(12)10(20)6-11(18)19/h3-5H,6H2,1-2H3,(H,18,19)(H,13,14,16). The van der Waals surface area contributed by atoms with Crippen LogP contribution in [0.25, 0.3) is 0 Å². The summed E-state index contributed by atoms with van der Waals surface area (Å²) in [5.74, 6) is -0.729. The van der Waals surface area contributed by atoms with Gasteiger partial charge in [0.05, 0.1) is 6.42 Å². The summed E-state index contributed by atoms with van der Waals surface area (Å²) in [5, 5.41) is 22.9. The number of aromatic nitrogens is 4. The molecule has 1 heterocycles. The first kappa shape index (κ1) is 14.1. The molecule has 1 aromatic heterocycles. The van der Waals surface area contributed by atoms with E-state index < -0.39 is 5.97 Å². The molecular formula is C12H13N5O2S. The second kappa shape index (κ2) is 5.74. The number of nitrogens with one attached hydrogen (secondary N) is 1. The van der Waals surface area contributed by atoms with Crippen molar-refractivity contribution in [3.05, 3.63) is 29.3 Å². The lowest BCUT2D eigenvalue weighted by molar-refractivity contribution is -0.135. The predicted octanol–water partition coefficient (Wildman–Crippen LogP) is 1.68. The van der Waals surface area contributed by atoms with E-state index >= 15 is 0 Å². The number of rotatable bonds is 4. The van der Waals surface area contributed by atoms with Gasteiger partial charge in [-0.25, -0.2) is 0 Å². The number of tetrazole rings is 1. The average molecular weight is 291 g/mol. The maximum absolute atomic E-state index is 10.7. The lowest BCUT2D eigenvalue weighted by Crippen LogP contribution is -2.17. The predicted molar refractivity (Wildman–Crippen MR) is 77.3 cm³/mol. The van der Waals surface area contributed by atoms with Crippen LogP contribution in [-0.2, 0) is 4.79 Å². The average Bonchev–Trinajstić information content (AvgIpc) is 2.81. The number of hydrogen-bond acceptors (Lipinski definition) is 6. The summed E-state index contributed by atoms with van der Waals surface area (Å²) in [6.45, 7) is 3.92. The molecule has 0 atom stereocenters. The van der Waals surface area contributed by atoms with E-state index in [1.165, 1.54) is 4.68 Å². The van der Waals surface area contributed by atoms with Crippen LogP contribution in [0.4, 0.5) is 11.6 Å². The summed E-state index contributed by atoms with van der Waals surface area (Å²) in [5.41, 5.74) is 2.96. The molecule has 2 rings (SSSR count). The molecule has 2 N–H and O–H groups in total. The molecule has 0 saturated heterocycles. The van der Waals surface area contributed by atoms with Crippen molar-refractivity contribution in [1.29, 1.82) is 0 Å². The molecular weight excluding hydrogens is 278 g/mol. The van der Waals surface area contributed by atoms with E-state index in [2.05, 4.69) is 20.8 Å². The second-order valence-corrected chi connectivity index (χ2v) is 4.79. The number of thiocarbonyl (C=S) groups is 1. The first-order valence-electron chi connectivity index (χ1n) is 5.85. The normalized spacial score (nSPS) is 10.3. The molecule has 0 aliphatic carbocycles. The Balaban J connectivity index is 2.27. The zero-order valence-corrected chi connectivity index (χ0v) is 11.8. The largest absolute Gasteiger partial charge is 0.481 e. The maximum atomic E-state index is 10.7. The smallest absolute Gasteiger partial charge is 0.310 e. The minimum Gasteiger partial charge on any atom is -0.481 e. The van der Waals surface area contributed by atoms with Crippen LogP contribution in [0.1, 0.15) is 17.5 Å². The molecule has 104 valence electrons. The Kier molecular flexibility index (Phi) is 4.04. The number of carboxylic acid groups (broad SMARTS) is 1. The topological polar surface area (TPSA) is 92.9 Å². The minimum atomic E-state index is -1.02. The molecule has 2 aromatic rings. The van der Waals surface area contributed by atoms with Crippen molar-refractivity contribution >= 4 is 34.8 Å². The van der Waals surface area contributed by atoms with Crippen LogP contribution in [0, 0.1) is 13.8 Å². The quantitative estimate of drug-likeness (QED) is 0.828. The van der Waals surface area contributed by atoms with E-state index in [0.29, 0.717) is 5.95 Å². The molecule has 20 heavy (non-hydrogen) atoms. The summed E-state index contributed by atoms with van der Waals surface area (Å²) in [4.78, 5) is 10.8. The first-order chi connectivity index (χ1) is 9.47. The lowest BCUT2D eigenvalue weighted by Gasteiger charge is -2.10. The molecule has 8 heteroatoms. The van der Waals surface area contributed by atoms with Gasteiger partial charge in [-0.15, -0.1) is 0 Å². The number of aliphatic carboxylic acids is 1. The highest BCUT2D eigenvalue weighted by Gasteiger charge is 2.14. The van der Waals surface area contributed by atoms with Gasteiger partial charge < -0.3 is 10.4 Å². The summed E-state index contributed by atoms with van der Waals surface area (Å²) in [6.07, 6.45) is -0.304. The molecule has 0 aliphatic heterocycles. The monoisotopic (exact) mass is 291 g/mol. The first-order valence-corrected chi connectivity index (χ1v) is 6.26. The second-order valence-electron chi connectivity index (χ2n) is 4.32. The Bertz CT molecular complexity index is 668.